The zero-order valence-electron chi connectivity index (χ0n) is 6.18. The SMILES string of the molecule is CONCc1ccoc1C. The number of hydrogen-bond acceptors (Lipinski definition) is 3. The van der Waals surface area contributed by atoms with Crippen LogP contribution in [0.15, 0.2) is 16.7 Å². The Labute approximate surface area is 59.9 Å². The standard InChI is InChI=1S/C7H11NO2/c1-6-7(3-4-10-6)5-8-9-2/h3-4,8H,5H2,1-2H3. The Hall–Kier alpha value is -0.800. The van der Waals surface area contributed by atoms with Gasteiger partial charge in [0.25, 0.3) is 0 Å². The molecule has 0 amide bonds. The molecule has 0 unspecified atom stereocenters. The van der Waals surface area contributed by atoms with Gasteiger partial charge in [0.05, 0.1) is 13.4 Å². The molecule has 0 saturated carbocycles. The van der Waals surface area contributed by atoms with E-state index >= 15 is 0 Å². The first-order valence-corrected chi connectivity index (χ1v) is 3.13. The van der Waals surface area contributed by atoms with Crippen LogP contribution in [0.25, 0.3) is 0 Å². The molecule has 1 N–H and O–H groups in total. The van der Waals surface area contributed by atoms with Crippen LogP contribution in [-0.4, -0.2) is 7.11 Å². The Morgan fingerprint density at radius 2 is 2.50 bits per heavy atom. The lowest BCUT2D eigenvalue weighted by atomic mass is 10.3. The van der Waals surface area contributed by atoms with Gasteiger partial charge in [-0.3, -0.25) is 0 Å². The molecule has 0 atom stereocenters. The monoisotopic (exact) mass is 141 g/mol. The Balaban J connectivity index is 2.49. The van der Waals surface area contributed by atoms with E-state index in [1.165, 1.54) is 0 Å². The van der Waals surface area contributed by atoms with Crippen LogP contribution in [-0.2, 0) is 11.4 Å². The summed E-state index contributed by atoms with van der Waals surface area (Å²) < 4.78 is 5.07. The highest BCUT2D eigenvalue weighted by Crippen LogP contribution is 2.07. The molecule has 0 aromatic carbocycles. The van der Waals surface area contributed by atoms with Crippen molar-refractivity contribution >= 4 is 0 Å². The molecule has 56 valence electrons. The third-order valence-corrected chi connectivity index (χ3v) is 1.37. The average Bonchev–Trinajstić information content (AvgIpc) is 2.31. The number of furan rings is 1. The van der Waals surface area contributed by atoms with E-state index in [1.807, 2.05) is 13.0 Å². The van der Waals surface area contributed by atoms with Crippen LogP contribution in [0.3, 0.4) is 0 Å². The molecule has 1 aromatic rings. The number of hydrogen-bond donors (Lipinski definition) is 1. The molecule has 0 aliphatic carbocycles. The first-order valence-electron chi connectivity index (χ1n) is 3.13. The van der Waals surface area contributed by atoms with Crippen LogP contribution in [0.4, 0.5) is 0 Å². The van der Waals surface area contributed by atoms with Gasteiger partial charge < -0.3 is 9.25 Å². The van der Waals surface area contributed by atoms with Crippen LogP contribution in [0.1, 0.15) is 11.3 Å². The molecule has 10 heavy (non-hydrogen) atoms. The van der Waals surface area contributed by atoms with Gasteiger partial charge >= 0.3 is 0 Å². The Kier molecular flexibility index (Phi) is 2.48. The summed E-state index contributed by atoms with van der Waals surface area (Å²) in [5.74, 6) is 0.935. The lowest BCUT2D eigenvalue weighted by molar-refractivity contribution is 0.0864. The molecule has 0 bridgehead atoms. The van der Waals surface area contributed by atoms with Gasteiger partial charge in [0.15, 0.2) is 0 Å². The van der Waals surface area contributed by atoms with E-state index in [0.717, 1.165) is 11.3 Å². The predicted octanol–water partition coefficient (Wildman–Crippen LogP) is 1.24. The third-order valence-electron chi connectivity index (χ3n) is 1.37. The third kappa shape index (κ3) is 1.59. The lowest BCUT2D eigenvalue weighted by Crippen LogP contribution is -2.10. The van der Waals surface area contributed by atoms with Gasteiger partial charge in [0.1, 0.15) is 5.76 Å². The van der Waals surface area contributed by atoms with E-state index in [9.17, 15) is 0 Å². The maximum atomic E-state index is 5.07. The molecule has 0 aliphatic rings. The largest absolute Gasteiger partial charge is 0.469 e. The Morgan fingerprint density at radius 1 is 1.70 bits per heavy atom. The quantitative estimate of drug-likeness (QED) is 0.643. The molecule has 1 heterocycles. The van der Waals surface area contributed by atoms with Gasteiger partial charge in [-0.05, 0) is 13.0 Å². The second-order valence-corrected chi connectivity index (χ2v) is 2.03. The molecule has 0 radical (unpaired) electrons. The van der Waals surface area contributed by atoms with Gasteiger partial charge in [-0.1, -0.05) is 0 Å². The molecule has 0 saturated heterocycles. The second kappa shape index (κ2) is 3.39. The summed E-state index contributed by atoms with van der Waals surface area (Å²) in [6, 6.07) is 1.92. The smallest absolute Gasteiger partial charge is 0.105 e. The van der Waals surface area contributed by atoms with Crippen LogP contribution in [0.2, 0.25) is 0 Å². The van der Waals surface area contributed by atoms with Gasteiger partial charge in [-0.2, -0.15) is 5.48 Å². The molecule has 3 heteroatoms. The summed E-state index contributed by atoms with van der Waals surface area (Å²) >= 11 is 0. The summed E-state index contributed by atoms with van der Waals surface area (Å²) in [5, 5.41) is 0. The minimum atomic E-state index is 0.693. The van der Waals surface area contributed by atoms with Crippen molar-refractivity contribution in [3.05, 3.63) is 23.7 Å². The molecule has 1 rings (SSSR count). The number of aryl methyl sites for hydroxylation is 1. The van der Waals surface area contributed by atoms with Gasteiger partial charge in [-0.25, -0.2) is 0 Å². The minimum Gasteiger partial charge on any atom is -0.469 e. The van der Waals surface area contributed by atoms with Gasteiger partial charge in [-0.15, -0.1) is 0 Å². The van der Waals surface area contributed by atoms with Crippen LogP contribution >= 0.6 is 0 Å². The summed E-state index contributed by atoms with van der Waals surface area (Å²) in [5.41, 5.74) is 3.86. The molecule has 0 aliphatic heterocycles. The van der Waals surface area contributed by atoms with Gasteiger partial charge in [0, 0.05) is 12.1 Å². The van der Waals surface area contributed by atoms with E-state index in [1.54, 1.807) is 13.4 Å². The van der Waals surface area contributed by atoms with E-state index in [2.05, 4.69) is 10.3 Å². The highest BCUT2D eigenvalue weighted by atomic mass is 16.6. The first-order chi connectivity index (χ1) is 4.84. The number of nitrogens with one attached hydrogen (secondary N) is 1. The summed E-state index contributed by atoms with van der Waals surface area (Å²) in [6.45, 7) is 2.62. The fraction of sp³-hybridized carbons (Fsp3) is 0.429. The van der Waals surface area contributed by atoms with Crippen LogP contribution in [0, 0.1) is 6.92 Å². The van der Waals surface area contributed by atoms with E-state index in [0.29, 0.717) is 6.54 Å². The minimum absolute atomic E-state index is 0.693. The zero-order chi connectivity index (χ0) is 7.40. The summed E-state index contributed by atoms with van der Waals surface area (Å²) in [7, 11) is 1.59. The van der Waals surface area contributed by atoms with Crippen molar-refractivity contribution in [1.82, 2.24) is 5.48 Å². The first kappa shape index (κ1) is 7.31. The fourth-order valence-corrected chi connectivity index (χ4v) is 0.745. The maximum absolute atomic E-state index is 5.07. The number of hydroxylamine groups is 1. The lowest BCUT2D eigenvalue weighted by Gasteiger charge is -1.97. The van der Waals surface area contributed by atoms with Crippen LogP contribution in [0.5, 0.6) is 0 Å². The topological polar surface area (TPSA) is 34.4 Å². The van der Waals surface area contributed by atoms with Crippen molar-refractivity contribution in [2.75, 3.05) is 7.11 Å². The molecule has 3 nitrogen and oxygen atoms in total. The van der Waals surface area contributed by atoms with E-state index < -0.39 is 0 Å². The summed E-state index contributed by atoms with van der Waals surface area (Å²) in [4.78, 5) is 4.68. The second-order valence-electron chi connectivity index (χ2n) is 2.03. The van der Waals surface area contributed by atoms with Crippen molar-refractivity contribution in [2.45, 2.75) is 13.5 Å². The maximum Gasteiger partial charge on any atom is 0.105 e. The highest BCUT2D eigenvalue weighted by molar-refractivity contribution is 5.14. The molecule has 0 spiro atoms. The average molecular weight is 141 g/mol. The van der Waals surface area contributed by atoms with Crippen molar-refractivity contribution in [3.8, 4) is 0 Å². The fourth-order valence-electron chi connectivity index (χ4n) is 0.745. The predicted molar refractivity (Wildman–Crippen MR) is 37.3 cm³/mol. The van der Waals surface area contributed by atoms with E-state index in [-0.39, 0.29) is 0 Å². The normalized spacial score (nSPS) is 10.2. The van der Waals surface area contributed by atoms with Crippen molar-refractivity contribution in [1.29, 1.82) is 0 Å². The molecule has 0 fully saturated rings. The Morgan fingerprint density at radius 3 is 3.00 bits per heavy atom. The molecular weight excluding hydrogens is 130 g/mol. The van der Waals surface area contributed by atoms with Crippen LogP contribution < -0.4 is 5.48 Å². The van der Waals surface area contributed by atoms with Crippen molar-refractivity contribution in [3.63, 3.8) is 0 Å². The van der Waals surface area contributed by atoms with Crippen molar-refractivity contribution < 1.29 is 9.25 Å². The molecule has 1 aromatic heterocycles. The Bertz CT molecular complexity index is 195. The van der Waals surface area contributed by atoms with Gasteiger partial charge in [0.2, 0.25) is 0 Å². The molecular formula is C7H11NO2. The highest BCUT2D eigenvalue weighted by Gasteiger charge is 1.98. The summed E-state index contributed by atoms with van der Waals surface area (Å²) in [6.07, 6.45) is 1.67. The zero-order valence-corrected chi connectivity index (χ0v) is 6.18. The van der Waals surface area contributed by atoms with E-state index in [4.69, 9.17) is 4.42 Å². The van der Waals surface area contributed by atoms with Crippen molar-refractivity contribution in [2.24, 2.45) is 0 Å². The number of rotatable bonds is 3.